The number of benzene rings is 1. The molecule has 0 saturated heterocycles. The highest BCUT2D eigenvalue weighted by molar-refractivity contribution is 7.99. The molecule has 0 aliphatic heterocycles. The maximum Gasteiger partial charge on any atom is 0.387 e. The lowest BCUT2D eigenvalue weighted by Gasteiger charge is -2.09. The quantitative estimate of drug-likeness (QED) is 0.602. The first-order chi connectivity index (χ1) is 9.66. The molecule has 0 spiro atoms. The number of Topliss-reactive ketones (excluding diaryl/α,β-unsaturated/α-hetero) is 1. The molecule has 0 unspecified atom stereocenters. The van der Waals surface area contributed by atoms with Crippen molar-refractivity contribution >= 4 is 17.5 Å². The molecule has 2 aromatic rings. The number of alkyl halides is 2. The van der Waals surface area contributed by atoms with E-state index in [1.54, 1.807) is 30.5 Å². The third kappa shape index (κ3) is 4.03. The van der Waals surface area contributed by atoms with Gasteiger partial charge in [-0.05, 0) is 24.3 Å². The Kier molecular flexibility index (Phi) is 5.06. The smallest absolute Gasteiger partial charge is 0.387 e. The number of para-hydroxylation sites is 1. The van der Waals surface area contributed by atoms with Gasteiger partial charge in [-0.15, -0.1) is 0 Å². The highest BCUT2D eigenvalue weighted by atomic mass is 32.2. The largest absolute Gasteiger partial charge is 0.434 e. The average Bonchev–Trinajstić information content (AvgIpc) is 2.46. The molecule has 1 heterocycles. The van der Waals surface area contributed by atoms with Crippen LogP contribution in [0.1, 0.15) is 10.4 Å². The number of carbonyl (C=O) groups is 1. The highest BCUT2D eigenvalue weighted by Gasteiger charge is 2.15. The summed E-state index contributed by atoms with van der Waals surface area (Å²) in [4.78, 5) is 16.1. The van der Waals surface area contributed by atoms with Crippen LogP contribution in [0.4, 0.5) is 8.78 Å². The van der Waals surface area contributed by atoms with Gasteiger partial charge in [0, 0.05) is 6.20 Å². The fourth-order valence-corrected chi connectivity index (χ4v) is 2.29. The van der Waals surface area contributed by atoms with Crippen LogP contribution in [-0.2, 0) is 0 Å². The van der Waals surface area contributed by atoms with Crippen molar-refractivity contribution in [3.8, 4) is 5.75 Å². The second-order valence-corrected chi connectivity index (χ2v) is 4.75. The second kappa shape index (κ2) is 7.00. The van der Waals surface area contributed by atoms with E-state index >= 15 is 0 Å². The van der Waals surface area contributed by atoms with E-state index in [9.17, 15) is 13.6 Å². The molecule has 0 aliphatic carbocycles. The zero-order valence-corrected chi connectivity index (χ0v) is 11.1. The number of hydrogen-bond acceptors (Lipinski definition) is 4. The van der Waals surface area contributed by atoms with Crippen LogP contribution in [0, 0.1) is 0 Å². The van der Waals surface area contributed by atoms with Crippen molar-refractivity contribution in [3.05, 3.63) is 54.2 Å². The summed E-state index contributed by atoms with van der Waals surface area (Å²) >= 11 is 1.25. The molecule has 6 heteroatoms. The summed E-state index contributed by atoms with van der Waals surface area (Å²) in [7, 11) is 0. The van der Waals surface area contributed by atoms with Crippen molar-refractivity contribution in [1.29, 1.82) is 0 Å². The van der Waals surface area contributed by atoms with Gasteiger partial charge in [0.25, 0.3) is 0 Å². The Morgan fingerprint density at radius 3 is 2.65 bits per heavy atom. The molecule has 104 valence electrons. The number of thioether (sulfide) groups is 1. The minimum Gasteiger partial charge on any atom is -0.434 e. The molecule has 0 aliphatic rings. The van der Waals surface area contributed by atoms with Gasteiger partial charge in [0.15, 0.2) is 5.78 Å². The number of ether oxygens (including phenoxy) is 1. The summed E-state index contributed by atoms with van der Waals surface area (Å²) in [5.41, 5.74) is 0.149. The van der Waals surface area contributed by atoms with E-state index in [0.717, 1.165) is 0 Å². The van der Waals surface area contributed by atoms with Crippen molar-refractivity contribution in [2.24, 2.45) is 0 Å². The maximum absolute atomic E-state index is 12.3. The third-order valence-electron chi connectivity index (χ3n) is 2.39. The molecule has 0 amide bonds. The molecular weight excluding hydrogens is 284 g/mol. The van der Waals surface area contributed by atoms with Gasteiger partial charge in [-0.2, -0.15) is 8.78 Å². The molecule has 0 fully saturated rings. The molecule has 1 aromatic carbocycles. The Labute approximate surface area is 119 Å². The van der Waals surface area contributed by atoms with Crippen LogP contribution < -0.4 is 4.74 Å². The molecule has 20 heavy (non-hydrogen) atoms. The maximum atomic E-state index is 12.3. The molecule has 0 saturated carbocycles. The topological polar surface area (TPSA) is 39.2 Å². The monoisotopic (exact) mass is 295 g/mol. The standard InChI is InChI=1S/C14H11F2NO2S/c15-14(16)19-12-6-2-1-5-10(12)11(18)9-20-13-7-3-4-8-17-13/h1-8,14H,9H2. The van der Waals surface area contributed by atoms with E-state index in [2.05, 4.69) is 9.72 Å². The number of aromatic nitrogens is 1. The number of nitrogens with zero attached hydrogens (tertiary/aromatic N) is 1. The van der Waals surface area contributed by atoms with E-state index in [-0.39, 0.29) is 22.8 Å². The fraction of sp³-hybridized carbons (Fsp3) is 0.143. The summed E-state index contributed by atoms with van der Waals surface area (Å²) in [6.45, 7) is -2.95. The molecule has 0 atom stereocenters. The van der Waals surface area contributed by atoms with Crippen LogP contribution in [0.25, 0.3) is 0 Å². The Balaban J connectivity index is 2.05. The molecule has 0 bridgehead atoms. The number of ketones is 1. The Morgan fingerprint density at radius 2 is 1.95 bits per heavy atom. The minimum atomic E-state index is -2.95. The predicted molar refractivity (Wildman–Crippen MR) is 72.4 cm³/mol. The fourth-order valence-electron chi connectivity index (χ4n) is 1.55. The van der Waals surface area contributed by atoms with E-state index in [1.165, 1.54) is 23.9 Å². The normalized spacial score (nSPS) is 10.6. The van der Waals surface area contributed by atoms with Gasteiger partial charge in [-0.25, -0.2) is 4.98 Å². The molecule has 1 aromatic heterocycles. The van der Waals surface area contributed by atoms with Crippen molar-refractivity contribution in [3.63, 3.8) is 0 Å². The Morgan fingerprint density at radius 1 is 1.20 bits per heavy atom. The summed E-state index contributed by atoms with van der Waals surface area (Å²) in [5.74, 6) is -0.272. The molecule has 0 N–H and O–H groups in total. The SMILES string of the molecule is O=C(CSc1ccccn1)c1ccccc1OC(F)F. The van der Waals surface area contributed by atoms with Crippen LogP contribution in [0.15, 0.2) is 53.7 Å². The van der Waals surface area contributed by atoms with Crippen LogP contribution in [0.5, 0.6) is 5.75 Å². The van der Waals surface area contributed by atoms with Gasteiger partial charge in [0.05, 0.1) is 16.3 Å². The summed E-state index contributed by atoms with van der Waals surface area (Å²) in [6, 6.07) is 11.3. The lowest BCUT2D eigenvalue weighted by molar-refractivity contribution is -0.0501. The molecule has 3 nitrogen and oxygen atoms in total. The van der Waals surface area contributed by atoms with Gasteiger partial charge in [0.1, 0.15) is 5.75 Å². The van der Waals surface area contributed by atoms with Crippen molar-refractivity contribution in [2.75, 3.05) is 5.75 Å². The predicted octanol–water partition coefficient (Wildman–Crippen LogP) is 3.66. The van der Waals surface area contributed by atoms with Crippen LogP contribution >= 0.6 is 11.8 Å². The van der Waals surface area contributed by atoms with Crippen molar-refractivity contribution in [2.45, 2.75) is 11.6 Å². The van der Waals surface area contributed by atoms with E-state index in [0.29, 0.717) is 5.03 Å². The molecule has 2 rings (SSSR count). The number of hydrogen-bond donors (Lipinski definition) is 0. The van der Waals surface area contributed by atoms with Gasteiger partial charge in [-0.1, -0.05) is 30.0 Å². The van der Waals surface area contributed by atoms with Gasteiger partial charge < -0.3 is 4.74 Å². The van der Waals surface area contributed by atoms with Gasteiger partial charge in [0.2, 0.25) is 0 Å². The highest BCUT2D eigenvalue weighted by Crippen LogP contribution is 2.23. The summed E-state index contributed by atoms with van der Waals surface area (Å²) in [5, 5.41) is 0.702. The lowest BCUT2D eigenvalue weighted by Crippen LogP contribution is -2.09. The van der Waals surface area contributed by atoms with Gasteiger partial charge in [-0.3, -0.25) is 4.79 Å². The summed E-state index contributed by atoms with van der Waals surface area (Å²) in [6.07, 6.45) is 1.63. The number of carbonyl (C=O) groups excluding carboxylic acids is 1. The minimum absolute atomic E-state index is 0.103. The number of rotatable bonds is 6. The average molecular weight is 295 g/mol. The lowest BCUT2D eigenvalue weighted by atomic mass is 10.1. The first-order valence-electron chi connectivity index (χ1n) is 5.77. The first-order valence-corrected chi connectivity index (χ1v) is 6.76. The number of pyridine rings is 1. The van der Waals surface area contributed by atoms with Crippen molar-refractivity contribution < 1.29 is 18.3 Å². The third-order valence-corrected chi connectivity index (χ3v) is 3.34. The van der Waals surface area contributed by atoms with E-state index in [4.69, 9.17) is 0 Å². The van der Waals surface area contributed by atoms with E-state index < -0.39 is 6.61 Å². The Bertz CT molecular complexity index is 578. The number of halogens is 2. The zero-order valence-electron chi connectivity index (χ0n) is 10.3. The first kappa shape index (κ1) is 14.5. The summed E-state index contributed by atoms with van der Waals surface area (Å²) < 4.78 is 28.9. The molecule has 0 radical (unpaired) electrons. The second-order valence-electron chi connectivity index (χ2n) is 3.75. The van der Waals surface area contributed by atoms with Crippen molar-refractivity contribution in [1.82, 2.24) is 4.98 Å². The Hall–Kier alpha value is -1.95. The van der Waals surface area contributed by atoms with Gasteiger partial charge >= 0.3 is 6.61 Å². The van der Waals surface area contributed by atoms with Crippen LogP contribution in [0.3, 0.4) is 0 Å². The van der Waals surface area contributed by atoms with E-state index in [1.807, 2.05) is 6.07 Å². The molecular formula is C14H11F2NO2S. The van der Waals surface area contributed by atoms with Crippen LogP contribution in [-0.4, -0.2) is 23.1 Å². The zero-order chi connectivity index (χ0) is 14.4. The van der Waals surface area contributed by atoms with Crippen LogP contribution in [0.2, 0.25) is 0 Å².